The summed E-state index contributed by atoms with van der Waals surface area (Å²) in [7, 11) is 2.15. The van der Waals surface area contributed by atoms with Crippen molar-refractivity contribution in [3.63, 3.8) is 0 Å². The topological polar surface area (TPSA) is 35.5 Å². The maximum absolute atomic E-state index is 9.32. The minimum absolute atomic E-state index is 0.195. The van der Waals surface area contributed by atoms with E-state index in [1.165, 1.54) is 6.42 Å². The molecule has 0 amide bonds. The van der Waals surface area contributed by atoms with Gasteiger partial charge in [0, 0.05) is 19.6 Å². The predicted octanol–water partition coefficient (Wildman–Crippen LogP) is 2.35. The van der Waals surface area contributed by atoms with Gasteiger partial charge < -0.3 is 15.3 Å². The van der Waals surface area contributed by atoms with E-state index in [-0.39, 0.29) is 6.10 Å². The van der Waals surface area contributed by atoms with E-state index in [9.17, 15) is 5.11 Å². The molecule has 0 rings (SSSR count). The van der Waals surface area contributed by atoms with Gasteiger partial charge in [0.25, 0.3) is 0 Å². The number of nitrogens with zero attached hydrogens (tertiary/aromatic N) is 1. The number of nitrogens with one attached hydrogen (secondary N) is 1. The van der Waals surface area contributed by atoms with Crippen LogP contribution in [0.2, 0.25) is 0 Å². The Labute approximate surface area is 114 Å². The standard InChI is InChI=1S/C15H34N2O/c1-7-15(5,11-16-10-13(2)3)12-17(6)9-8-14(4)18/h13-14,16,18H,7-12H2,1-6H3. The van der Waals surface area contributed by atoms with Gasteiger partial charge in [-0.25, -0.2) is 0 Å². The molecule has 18 heavy (non-hydrogen) atoms. The highest BCUT2D eigenvalue weighted by Gasteiger charge is 2.23. The number of rotatable bonds is 10. The molecule has 0 bridgehead atoms. The van der Waals surface area contributed by atoms with Crippen LogP contribution in [-0.4, -0.2) is 49.3 Å². The van der Waals surface area contributed by atoms with Crippen molar-refractivity contribution in [2.75, 3.05) is 33.2 Å². The summed E-state index contributed by atoms with van der Waals surface area (Å²) in [4.78, 5) is 2.34. The lowest BCUT2D eigenvalue weighted by Gasteiger charge is -2.34. The van der Waals surface area contributed by atoms with Gasteiger partial charge in [-0.15, -0.1) is 0 Å². The zero-order valence-electron chi connectivity index (χ0n) is 13.3. The minimum Gasteiger partial charge on any atom is -0.393 e. The molecule has 2 N–H and O–H groups in total. The average molecular weight is 258 g/mol. The second-order valence-corrected chi connectivity index (χ2v) is 6.56. The van der Waals surface area contributed by atoms with Crippen LogP contribution in [0.4, 0.5) is 0 Å². The predicted molar refractivity (Wildman–Crippen MR) is 79.9 cm³/mol. The molecule has 0 aromatic rings. The van der Waals surface area contributed by atoms with Gasteiger partial charge in [0.05, 0.1) is 6.10 Å². The van der Waals surface area contributed by atoms with Crippen LogP contribution >= 0.6 is 0 Å². The quantitative estimate of drug-likeness (QED) is 0.631. The molecule has 0 aliphatic rings. The molecule has 0 aliphatic carbocycles. The number of hydrogen-bond acceptors (Lipinski definition) is 3. The summed E-state index contributed by atoms with van der Waals surface area (Å²) < 4.78 is 0. The van der Waals surface area contributed by atoms with E-state index in [4.69, 9.17) is 0 Å². The molecule has 2 atom stereocenters. The summed E-state index contributed by atoms with van der Waals surface area (Å²) in [5, 5.41) is 12.9. The molecule has 0 radical (unpaired) electrons. The molecule has 0 saturated heterocycles. The molecular weight excluding hydrogens is 224 g/mol. The van der Waals surface area contributed by atoms with Gasteiger partial charge in [-0.1, -0.05) is 27.7 Å². The molecule has 0 saturated carbocycles. The van der Waals surface area contributed by atoms with Crippen molar-refractivity contribution >= 4 is 0 Å². The lowest BCUT2D eigenvalue weighted by Crippen LogP contribution is -2.42. The number of aliphatic hydroxyl groups is 1. The minimum atomic E-state index is -0.195. The van der Waals surface area contributed by atoms with Crippen molar-refractivity contribution in [3.8, 4) is 0 Å². The van der Waals surface area contributed by atoms with Crippen molar-refractivity contribution in [3.05, 3.63) is 0 Å². The van der Waals surface area contributed by atoms with Gasteiger partial charge in [-0.05, 0) is 44.7 Å². The first-order valence-electron chi connectivity index (χ1n) is 7.36. The van der Waals surface area contributed by atoms with Gasteiger partial charge >= 0.3 is 0 Å². The zero-order valence-corrected chi connectivity index (χ0v) is 13.3. The molecule has 110 valence electrons. The SMILES string of the molecule is CCC(C)(CNCC(C)C)CN(C)CCC(C)O. The first-order chi connectivity index (χ1) is 8.29. The third kappa shape index (κ3) is 8.90. The second-order valence-electron chi connectivity index (χ2n) is 6.56. The zero-order chi connectivity index (χ0) is 14.2. The Balaban J connectivity index is 4.04. The fourth-order valence-corrected chi connectivity index (χ4v) is 2.09. The first kappa shape index (κ1) is 17.9. The third-order valence-corrected chi connectivity index (χ3v) is 3.54. The van der Waals surface area contributed by atoms with Crippen LogP contribution < -0.4 is 5.32 Å². The van der Waals surface area contributed by atoms with E-state index < -0.39 is 0 Å². The van der Waals surface area contributed by atoms with Crippen molar-refractivity contribution in [2.24, 2.45) is 11.3 Å². The Kier molecular flexibility index (Phi) is 8.83. The molecule has 0 aromatic carbocycles. The molecular formula is C15H34N2O. The smallest absolute Gasteiger partial charge is 0.0524 e. The Hall–Kier alpha value is -0.120. The lowest BCUT2D eigenvalue weighted by molar-refractivity contribution is 0.137. The Bertz CT molecular complexity index is 207. The highest BCUT2D eigenvalue weighted by molar-refractivity contribution is 4.79. The van der Waals surface area contributed by atoms with Gasteiger partial charge in [0.1, 0.15) is 0 Å². The van der Waals surface area contributed by atoms with E-state index in [1.54, 1.807) is 0 Å². The highest BCUT2D eigenvalue weighted by Crippen LogP contribution is 2.21. The molecule has 0 aliphatic heterocycles. The van der Waals surface area contributed by atoms with Gasteiger partial charge in [-0.3, -0.25) is 0 Å². The second kappa shape index (κ2) is 8.89. The van der Waals surface area contributed by atoms with E-state index in [0.717, 1.165) is 32.6 Å². The van der Waals surface area contributed by atoms with Crippen LogP contribution in [-0.2, 0) is 0 Å². The van der Waals surface area contributed by atoms with Crippen LogP contribution in [0.1, 0.15) is 47.5 Å². The summed E-state index contributed by atoms with van der Waals surface area (Å²) >= 11 is 0. The maximum Gasteiger partial charge on any atom is 0.0524 e. The van der Waals surface area contributed by atoms with Gasteiger partial charge in [-0.2, -0.15) is 0 Å². The maximum atomic E-state index is 9.32. The molecule has 2 unspecified atom stereocenters. The van der Waals surface area contributed by atoms with Gasteiger partial charge in [0.2, 0.25) is 0 Å². The molecule has 0 fully saturated rings. The van der Waals surface area contributed by atoms with Gasteiger partial charge in [0.15, 0.2) is 0 Å². The Morgan fingerprint density at radius 2 is 1.89 bits per heavy atom. The van der Waals surface area contributed by atoms with E-state index in [1.807, 2.05) is 6.92 Å². The monoisotopic (exact) mass is 258 g/mol. The van der Waals surface area contributed by atoms with Crippen molar-refractivity contribution in [1.82, 2.24) is 10.2 Å². The first-order valence-corrected chi connectivity index (χ1v) is 7.36. The normalized spacial score (nSPS) is 17.2. The van der Waals surface area contributed by atoms with Crippen LogP contribution in [0, 0.1) is 11.3 Å². The fourth-order valence-electron chi connectivity index (χ4n) is 2.09. The number of hydrogen-bond donors (Lipinski definition) is 2. The van der Waals surface area contributed by atoms with Crippen LogP contribution in [0.5, 0.6) is 0 Å². The number of aliphatic hydroxyl groups excluding tert-OH is 1. The largest absolute Gasteiger partial charge is 0.393 e. The summed E-state index contributed by atoms with van der Waals surface area (Å²) in [6.07, 6.45) is 1.84. The Morgan fingerprint density at radius 3 is 2.33 bits per heavy atom. The van der Waals surface area contributed by atoms with Crippen LogP contribution in [0.3, 0.4) is 0 Å². The molecule has 0 heterocycles. The Morgan fingerprint density at radius 1 is 1.28 bits per heavy atom. The summed E-state index contributed by atoms with van der Waals surface area (Å²) in [5.74, 6) is 0.707. The molecule has 0 aromatic heterocycles. The van der Waals surface area contributed by atoms with E-state index in [0.29, 0.717) is 11.3 Å². The van der Waals surface area contributed by atoms with E-state index >= 15 is 0 Å². The molecule has 0 spiro atoms. The summed E-state index contributed by atoms with van der Waals surface area (Å²) in [6.45, 7) is 15.2. The highest BCUT2D eigenvalue weighted by atomic mass is 16.3. The third-order valence-electron chi connectivity index (χ3n) is 3.54. The summed E-state index contributed by atoms with van der Waals surface area (Å²) in [6, 6.07) is 0. The fraction of sp³-hybridized carbons (Fsp3) is 1.00. The molecule has 3 nitrogen and oxygen atoms in total. The lowest BCUT2D eigenvalue weighted by atomic mass is 9.86. The summed E-state index contributed by atoms with van der Waals surface area (Å²) in [5.41, 5.74) is 0.322. The molecule has 3 heteroatoms. The van der Waals surface area contributed by atoms with Crippen molar-refractivity contribution in [2.45, 2.75) is 53.6 Å². The average Bonchev–Trinajstić information content (AvgIpc) is 2.25. The van der Waals surface area contributed by atoms with Crippen molar-refractivity contribution < 1.29 is 5.11 Å². The van der Waals surface area contributed by atoms with Crippen LogP contribution in [0.25, 0.3) is 0 Å². The van der Waals surface area contributed by atoms with Crippen molar-refractivity contribution in [1.29, 1.82) is 0 Å². The van der Waals surface area contributed by atoms with E-state index in [2.05, 4.69) is 45.0 Å². The van der Waals surface area contributed by atoms with Crippen LogP contribution in [0.15, 0.2) is 0 Å².